The van der Waals surface area contributed by atoms with E-state index in [0.29, 0.717) is 11.5 Å². The van der Waals surface area contributed by atoms with Gasteiger partial charge in [0.25, 0.3) is 0 Å². The maximum absolute atomic E-state index is 2.48. The van der Waals surface area contributed by atoms with Crippen molar-refractivity contribution in [3.05, 3.63) is 12.3 Å². The highest BCUT2D eigenvalue weighted by atomic mass is 15.1. The Labute approximate surface area is 167 Å². The summed E-state index contributed by atoms with van der Waals surface area (Å²) in [5, 5.41) is 0. The van der Waals surface area contributed by atoms with Crippen LogP contribution in [-0.4, -0.2) is 18.0 Å². The van der Waals surface area contributed by atoms with Crippen molar-refractivity contribution >= 4 is 0 Å². The fourth-order valence-corrected chi connectivity index (χ4v) is 3.98. The van der Waals surface area contributed by atoms with Gasteiger partial charge in [0.05, 0.1) is 0 Å². The molecule has 0 fully saturated rings. The Bertz CT molecular complexity index is 331. The monoisotopic (exact) mass is 365 g/mol. The van der Waals surface area contributed by atoms with Gasteiger partial charge < -0.3 is 4.90 Å². The first kappa shape index (κ1) is 25.5. The van der Waals surface area contributed by atoms with Crippen molar-refractivity contribution in [3.63, 3.8) is 0 Å². The van der Waals surface area contributed by atoms with E-state index in [-0.39, 0.29) is 0 Å². The van der Waals surface area contributed by atoms with Gasteiger partial charge in [-0.05, 0) is 56.6 Å². The van der Waals surface area contributed by atoms with Crippen LogP contribution in [0.1, 0.15) is 125 Å². The van der Waals surface area contributed by atoms with E-state index in [1.54, 1.807) is 0 Å². The zero-order chi connectivity index (χ0) is 19.8. The minimum atomic E-state index is 0.517. The molecule has 156 valence electrons. The van der Waals surface area contributed by atoms with E-state index >= 15 is 0 Å². The summed E-state index contributed by atoms with van der Waals surface area (Å²) < 4.78 is 0. The number of hydrogen-bond acceptors (Lipinski definition) is 1. The van der Waals surface area contributed by atoms with E-state index in [4.69, 9.17) is 0 Å². The molecule has 0 N–H and O–H groups in total. The van der Waals surface area contributed by atoms with Crippen LogP contribution in [0.25, 0.3) is 0 Å². The van der Waals surface area contributed by atoms with Gasteiger partial charge in [0, 0.05) is 13.1 Å². The molecule has 26 heavy (non-hydrogen) atoms. The summed E-state index contributed by atoms with van der Waals surface area (Å²) in [6.45, 7) is 14.3. The van der Waals surface area contributed by atoms with Crippen molar-refractivity contribution in [2.45, 2.75) is 131 Å². The lowest BCUT2D eigenvalue weighted by atomic mass is 9.76. The van der Waals surface area contributed by atoms with Crippen molar-refractivity contribution in [3.8, 4) is 0 Å². The Kier molecular flexibility index (Phi) is 15.3. The SMILES string of the molecule is CCCCCCC(C)N(C)C=CCCC(CC)CC(C)(C)CCCCC. The Hall–Kier alpha value is -0.460. The second-order valence-electron chi connectivity index (χ2n) is 9.43. The van der Waals surface area contributed by atoms with Crippen LogP contribution in [-0.2, 0) is 0 Å². The van der Waals surface area contributed by atoms with Crippen LogP contribution in [0.15, 0.2) is 12.3 Å². The summed E-state index contributed by atoms with van der Waals surface area (Å²) in [6.07, 6.45) is 22.4. The largest absolute Gasteiger partial charge is 0.378 e. The molecular formula is C25H51N. The van der Waals surface area contributed by atoms with Gasteiger partial charge in [0.1, 0.15) is 0 Å². The maximum atomic E-state index is 2.48. The number of allylic oxidation sites excluding steroid dienone is 1. The molecule has 0 radical (unpaired) electrons. The van der Waals surface area contributed by atoms with Gasteiger partial charge in [-0.1, -0.05) is 92.1 Å². The van der Waals surface area contributed by atoms with Crippen LogP contribution in [0.2, 0.25) is 0 Å². The lowest BCUT2D eigenvalue weighted by Crippen LogP contribution is -2.23. The third-order valence-electron chi connectivity index (χ3n) is 6.13. The van der Waals surface area contributed by atoms with Crippen LogP contribution >= 0.6 is 0 Å². The third kappa shape index (κ3) is 13.7. The van der Waals surface area contributed by atoms with Crippen LogP contribution in [0, 0.1) is 11.3 Å². The fraction of sp³-hybridized carbons (Fsp3) is 0.920. The number of hydrogen-bond donors (Lipinski definition) is 0. The highest BCUT2D eigenvalue weighted by Gasteiger charge is 2.21. The molecule has 1 heteroatoms. The van der Waals surface area contributed by atoms with Gasteiger partial charge in [0.15, 0.2) is 0 Å². The fourth-order valence-electron chi connectivity index (χ4n) is 3.98. The minimum Gasteiger partial charge on any atom is -0.378 e. The van der Waals surface area contributed by atoms with Gasteiger partial charge >= 0.3 is 0 Å². The van der Waals surface area contributed by atoms with Crippen LogP contribution in [0.4, 0.5) is 0 Å². The molecule has 0 rings (SSSR count). The van der Waals surface area contributed by atoms with Gasteiger partial charge in [0.2, 0.25) is 0 Å². The van der Waals surface area contributed by atoms with Crippen molar-refractivity contribution in [1.82, 2.24) is 4.90 Å². The van der Waals surface area contributed by atoms with Crippen molar-refractivity contribution in [2.24, 2.45) is 11.3 Å². The van der Waals surface area contributed by atoms with Gasteiger partial charge in [-0.25, -0.2) is 0 Å². The van der Waals surface area contributed by atoms with E-state index in [0.717, 1.165) is 5.92 Å². The normalized spacial score (nSPS) is 14.7. The second-order valence-corrected chi connectivity index (χ2v) is 9.43. The first-order chi connectivity index (χ1) is 12.4. The molecule has 0 saturated heterocycles. The average molecular weight is 366 g/mol. The molecular weight excluding hydrogens is 314 g/mol. The van der Waals surface area contributed by atoms with Crippen molar-refractivity contribution < 1.29 is 0 Å². The Morgan fingerprint density at radius 3 is 2.15 bits per heavy atom. The molecule has 2 atom stereocenters. The standard InChI is InChI=1S/C25H51N/c1-8-11-13-14-18-23(4)26(7)21-17-15-19-24(10-3)22-25(5,6)20-16-12-9-2/h17,21,23-24H,8-16,18-20,22H2,1-7H3. The highest BCUT2D eigenvalue weighted by molar-refractivity contribution is 4.85. The van der Waals surface area contributed by atoms with Crippen molar-refractivity contribution in [2.75, 3.05) is 7.05 Å². The zero-order valence-electron chi connectivity index (χ0n) is 19.4. The van der Waals surface area contributed by atoms with Crippen LogP contribution < -0.4 is 0 Å². The summed E-state index contributed by atoms with van der Waals surface area (Å²) in [7, 11) is 2.25. The number of rotatable bonds is 17. The Morgan fingerprint density at radius 1 is 0.885 bits per heavy atom. The first-order valence-electron chi connectivity index (χ1n) is 11.7. The van der Waals surface area contributed by atoms with E-state index in [1.807, 2.05) is 0 Å². The van der Waals surface area contributed by atoms with E-state index in [1.165, 1.54) is 83.5 Å². The predicted octanol–water partition coefficient (Wildman–Crippen LogP) is 8.59. The molecule has 0 bridgehead atoms. The molecule has 2 unspecified atom stereocenters. The number of nitrogens with zero attached hydrogens (tertiary/aromatic N) is 1. The smallest absolute Gasteiger partial charge is 0.0252 e. The molecule has 0 aromatic rings. The van der Waals surface area contributed by atoms with E-state index < -0.39 is 0 Å². The van der Waals surface area contributed by atoms with Crippen LogP contribution in [0.3, 0.4) is 0 Å². The third-order valence-corrected chi connectivity index (χ3v) is 6.13. The molecule has 1 nitrogen and oxygen atoms in total. The van der Waals surface area contributed by atoms with Crippen LogP contribution in [0.5, 0.6) is 0 Å². The zero-order valence-corrected chi connectivity index (χ0v) is 19.4. The lowest BCUT2D eigenvalue weighted by Gasteiger charge is -2.29. The molecule has 0 spiro atoms. The molecule has 0 amide bonds. The molecule has 0 heterocycles. The number of unbranched alkanes of at least 4 members (excludes halogenated alkanes) is 5. The highest BCUT2D eigenvalue weighted by Crippen LogP contribution is 2.34. The van der Waals surface area contributed by atoms with Gasteiger partial charge in [-0.3, -0.25) is 0 Å². The summed E-state index contributed by atoms with van der Waals surface area (Å²) in [4.78, 5) is 2.42. The van der Waals surface area contributed by atoms with Gasteiger partial charge in [-0.2, -0.15) is 0 Å². The summed E-state index contributed by atoms with van der Waals surface area (Å²) >= 11 is 0. The summed E-state index contributed by atoms with van der Waals surface area (Å²) in [6, 6.07) is 0.669. The molecule has 0 aromatic heterocycles. The van der Waals surface area contributed by atoms with Crippen molar-refractivity contribution in [1.29, 1.82) is 0 Å². The molecule has 0 aliphatic rings. The molecule has 0 aromatic carbocycles. The Morgan fingerprint density at radius 2 is 1.54 bits per heavy atom. The van der Waals surface area contributed by atoms with Gasteiger partial charge in [-0.15, -0.1) is 0 Å². The molecule has 0 aliphatic heterocycles. The summed E-state index contributed by atoms with van der Waals surface area (Å²) in [5.74, 6) is 0.882. The summed E-state index contributed by atoms with van der Waals surface area (Å²) in [5.41, 5.74) is 0.517. The molecule has 0 saturated carbocycles. The quantitative estimate of drug-likeness (QED) is 0.233. The Balaban J connectivity index is 4.10. The second kappa shape index (κ2) is 15.6. The topological polar surface area (TPSA) is 3.24 Å². The first-order valence-corrected chi connectivity index (χ1v) is 11.7. The van der Waals surface area contributed by atoms with E-state index in [9.17, 15) is 0 Å². The lowest BCUT2D eigenvalue weighted by molar-refractivity contribution is 0.228. The minimum absolute atomic E-state index is 0.517. The molecule has 0 aliphatic carbocycles. The van der Waals surface area contributed by atoms with E-state index in [2.05, 4.69) is 65.8 Å². The predicted molar refractivity (Wildman–Crippen MR) is 121 cm³/mol. The average Bonchev–Trinajstić information content (AvgIpc) is 2.60. The maximum Gasteiger partial charge on any atom is 0.0252 e.